The Morgan fingerprint density at radius 1 is 0.625 bits per heavy atom. The Morgan fingerprint density at radius 2 is 1.00 bits per heavy atom. The van der Waals surface area contributed by atoms with Gasteiger partial charge in [-0.2, -0.15) is 26.3 Å². The summed E-state index contributed by atoms with van der Waals surface area (Å²) in [6.07, 6.45) is -9.49. The fourth-order valence-corrected chi connectivity index (χ4v) is 2.88. The maximum absolute atomic E-state index is 13.4. The molecule has 0 aromatic heterocycles. The van der Waals surface area contributed by atoms with Crippen molar-refractivity contribution in [2.45, 2.75) is 33.1 Å². The van der Waals surface area contributed by atoms with Gasteiger partial charge in [0.25, 0.3) is 0 Å². The SMILES string of the molecule is Cc1cc(-c2cc(C)c(I)cc2C(F)(F)F)c(C(F)(F)F)cc1C. The van der Waals surface area contributed by atoms with Crippen LogP contribution in [0.25, 0.3) is 11.1 Å². The first kappa shape index (κ1) is 19.1. The van der Waals surface area contributed by atoms with Gasteiger partial charge in [0.1, 0.15) is 0 Å². The van der Waals surface area contributed by atoms with E-state index in [0.717, 1.165) is 12.1 Å². The van der Waals surface area contributed by atoms with Crippen LogP contribution in [0.3, 0.4) is 0 Å². The summed E-state index contributed by atoms with van der Waals surface area (Å²) >= 11 is 1.74. The van der Waals surface area contributed by atoms with Gasteiger partial charge in [-0.05, 0) is 89.4 Å². The molecular formula is C17H13F6I. The molecule has 2 rings (SSSR count). The van der Waals surface area contributed by atoms with Crippen LogP contribution in [0, 0.1) is 24.3 Å². The van der Waals surface area contributed by atoms with E-state index in [9.17, 15) is 26.3 Å². The predicted molar refractivity (Wildman–Crippen MR) is 88.8 cm³/mol. The van der Waals surface area contributed by atoms with Crippen LogP contribution in [0.2, 0.25) is 0 Å². The zero-order valence-corrected chi connectivity index (χ0v) is 15.1. The van der Waals surface area contributed by atoms with Crippen molar-refractivity contribution < 1.29 is 26.3 Å². The highest BCUT2D eigenvalue weighted by molar-refractivity contribution is 14.1. The molecule has 2 aromatic rings. The normalized spacial score (nSPS) is 12.6. The van der Waals surface area contributed by atoms with Crippen LogP contribution in [0.4, 0.5) is 26.3 Å². The predicted octanol–water partition coefficient (Wildman–Crippen LogP) is 6.92. The molecule has 0 heterocycles. The van der Waals surface area contributed by atoms with Crippen LogP contribution >= 0.6 is 22.6 Å². The van der Waals surface area contributed by atoms with Gasteiger partial charge >= 0.3 is 12.4 Å². The first-order valence-electron chi connectivity index (χ1n) is 6.88. The number of hydrogen-bond donors (Lipinski definition) is 0. The monoisotopic (exact) mass is 458 g/mol. The minimum atomic E-state index is -4.75. The Balaban J connectivity index is 2.91. The molecule has 0 aliphatic rings. The number of benzene rings is 2. The third kappa shape index (κ3) is 3.70. The average Bonchev–Trinajstić information content (AvgIpc) is 2.41. The van der Waals surface area contributed by atoms with E-state index in [4.69, 9.17) is 0 Å². The number of alkyl halides is 6. The fraction of sp³-hybridized carbons (Fsp3) is 0.294. The molecule has 0 amide bonds. The van der Waals surface area contributed by atoms with Gasteiger partial charge in [0.05, 0.1) is 11.1 Å². The molecule has 0 nitrogen and oxygen atoms in total. The standard InChI is InChI=1S/C17H13F6I/c1-8-4-11(13(6-9(8)2)16(18,19)20)12-5-10(3)15(24)7-14(12)17(21,22)23/h4-7H,1-3H3. The van der Waals surface area contributed by atoms with Crippen molar-refractivity contribution in [3.05, 3.63) is 55.7 Å². The summed E-state index contributed by atoms with van der Waals surface area (Å²) in [6, 6.07) is 4.14. The van der Waals surface area contributed by atoms with Crippen molar-refractivity contribution >= 4 is 22.6 Å². The van der Waals surface area contributed by atoms with Crippen molar-refractivity contribution in [3.63, 3.8) is 0 Å². The Morgan fingerprint density at radius 3 is 1.46 bits per heavy atom. The van der Waals surface area contributed by atoms with E-state index in [-0.39, 0.29) is 0 Å². The maximum Gasteiger partial charge on any atom is 0.417 e. The summed E-state index contributed by atoms with van der Waals surface area (Å²) in [5.74, 6) is 0. The second kappa shape index (κ2) is 6.24. The zero-order valence-electron chi connectivity index (χ0n) is 13.0. The third-order valence-corrected chi connectivity index (χ3v) is 5.00. The molecule has 0 saturated carbocycles. The fourth-order valence-electron chi connectivity index (χ4n) is 2.41. The minimum Gasteiger partial charge on any atom is -0.166 e. The molecule has 7 heteroatoms. The quantitative estimate of drug-likeness (QED) is 0.322. The van der Waals surface area contributed by atoms with Gasteiger partial charge < -0.3 is 0 Å². The van der Waals surface area contributed by atoms with Gasteiger partial charge in [0.15, 0.2) is 0 Å². The molecule has 0 aliphatic carbocycles. The number of aryl methyl sites for hydroxylation is 3. The van der Waals surface area contributed by atoms with Crippen LogP contribution in [0.15, 0.2) is 24.3 Å². The minimum absolute atomic E-state index is 0.348. The first-order chi connectivity index (χ1) is 10.8. The lowest BCUT2D eigenvalue weighted by Gasteiger charge is -2.20. The maximum atomic E-state index is 13.4. The van der Waals surface area contributed by atoms with Crippen molar-refractivity contribution in [2.75, 3.05) is 0 Å². The molecule has 0 saturated heterocycles. The molecule has 130 valence electrons. The summed E-state index contributed by atoms with van der Waals surface area (Å²) in [6.45, 7) is 4.64. The van der Waals surface area contributed by atoms with E-state index < -0.39 is 34.6 Å². The van der Waals surface area contributed by atoms with Crippen LogP contribution in [-0.2, 0) is 12.4 Å². The van der Waals surface area contributed by atoms with E-state index in [1.54, 1.807) is 36.4 Å². The van der Waals surface area contributed by atoms with Gasteiger partial charge in [-0.1, -0.05) is 6.07 Å². The van der Waals surface area contributed by atoms with Gasteiger partial charge in [-0.3, -0.25) is 0 Å². The number of hydrogen-bond acceptors (Lipinski definition) is 0. The summed E-state index contributed by atoms with van der Waals surface area (Å²) in [7, 11) is 0. The highest BCUT2D eigenvalue weighted by Crippen LogP contribution is 2.44. The lowest BCUT2D eigenvalue weighted by atomic mass is 9.90. The van der Waals surface area contributed by atoms with Gasteiger partial charge in [0.2, 0.25) is 0 Å². The van der Waals surface area contributed by atoms with Crippen molar-refractivity contribution in [2.24, 2.45) is 0 Å². The second-order valence-corrected chi connectivity index (χ2v) is 6.79. The molecule has 0 bridgehead atoms. The lowest BCUT2D eigenvalue weighted by molar-refractivity contribution is -0.139. The molecule has 24 heavy (non-hydrogen) atoms. The summed E-state index contributed by atoms with van der Waals surface area (Å²) < 4.78 is 80.6. The average molecular weight is 458 g/mol. The molecule has 0 spiro atoms. The highest BCUT2D eigenvalue weighted by atomic mass is 127. The third-order valence-electron chi connectivity index (χ3n) is 3.83. The van der Waals surface area contributed by atoms with Gasteiger partial charge in [-0.25, -0.2) is 0 Å². The smallest absolute Gasteiger partial charge is 0.166 e. The number of rotatable bonds is 1. The van der Waals surface area contributed by atoms with Crippen molar-refractivity contribution in [3.8, 4) is 11.1 Å². The molecule has 0 radical (unpaired) electrons. The number of halogens is 7. The first-order valence-corrected chi connectivity index (χ1v) is 7.96. The van der Waals surface area contributed by atoms with Crippen molar-refractivity contribution in [1.29, 1.82) is 0 Å². The van der Waals surface area contributed by atoms with E-state index in [0.29, 0.717) is 20.3 Å². The lowest BCUT2D eigenvalue weighted by Crippen LogP contribution is -2.13. The van der Waals surface area contributed by atoms with Crippen LogP contribution < -0.4 is 0 Å². The van der Waals surface area contributed by atoms with E-state index >= 15 is 0 Å². The van der Waals surface area contributed by atoms with Crippen LogP contribution in [0.5, 0.6) is 0 Å². The van der Waals surface area contributed by atoms with Gasteiger partial charge in [-0.15, -0.1) is 0 Å². The molecule has 0 aliphatic heterocycles. The van der Waals surface area contributed by atoms with Crippen molar-refractivity contribution in [1.82, 2.24) is 0 Å². The summed E-state index contributed by atoms with van der Waals surface area (Å²) in [4.78, 5) is 0. The van der Waals surface area contributed by atoms with E-state index in [1.807, 2.05) is 0 Å². The highest BCUT2D eigenvalue weighted by Gasteiger charge is 2.39. The largest absolute Gasteiger partial charge is 0.417 e. The van der Waals surface area contributed by atoms with Gasteiger partial charge in [0, 0.05) is 3.57 Å². The summed E-state index contributed by atoms with van der Waals surface area (Å²) in [5.41, 5.74) is -1.65. The Hall–Kier alpha value is -1.25. The Bertz CT molecular complexity index is 720. The molecule has 0 fully saturated rings. The molecule has 0 unspecified atom stereocenters. The molecule has 0 atom stereocenters. The van der Waals surface area contributed by atoms with Crippen LogP contribution in [-0.4, -0.2) is 0 Å². The molecule has 2 aromatic carbocycles. The second-order valence-electron chi connectivity index (χ2n) is 5.62. The Labute approximate surface area is 149 Å². The Kier molecular flexibility index (Phi) is 4.96. The van der Waals surface area contributed by atoms with E-state index in [2.05, 4.69) is 0 Å². The topological polar surface area (TPSA) is 0 Å². The van der Waals surface area contributed by atoms with Crippen LogP contribution in [0.1, 0.15) is 27.8 Å². The summed E-state index contributed by atoms with van der Waals surface area (Å²) in [5, 5.41) is 0. The van der Waals surface area contributed by atoms with E-state index in [1.165, 1.54) is 19.1 Å². The molecular weight excluding hydrogens is 445 g/mol. The zero-order chi connectivity index (χ0) is 18.4. The molecule has 0 N–H and O–H groups in total.